The lowest BCUT2D eigenvalue weighted by Gasteiger charge is -2.58. The lowest BCUT2D eigenvalue weighted by molar-refractivity contribution is -0.136. The Balaban J connectivity index is 1.40. The van der Waals surface area contributed by atoms with E-state index in [1.54, 1.807) is 24.1 Å². The van der Waals surface area contributed by atoms with Crippen molar-refractivity contribution < 1.29 is 19.4 Å². The second kappa shape index (κ2) is 8.68. The Morgan fingerprint density at radius 2 is 1.88 bits per heavy atom. The van der Waals surface area contributed by atoms with E-state index in [9.17, 15) is 14.7 Å². The second-order valence-electron chi connectivity index (χ2n) is 11.2. The van der Waals surface area contributed by atoms with Crippen molar-refractivity contribution in [1.82, 2.24) is 20.4 Å². The largest absolute Gasteiger partial charge is 0.390 e. The highest BCUT2D eigenvalue weighted by molar-refractivity contribution is 5.99. The molecule has 0 radical (unpaired) electrons. The first kappa shape index (κ1) is 23.4. The summed E-state index contributed by atoms with van der Waals surface area (Å²) in [5, 5.41) is 21.4. The summed E-state index contributed by atoms with van der Waals surface area (Å²) in [6.07, 6.45) is 9.90. The Hall–Kier alpha value is -2.39. The number of amides is 2. The summed E-state index contributed by atoms with van der Waals surface area (Å²) in [4.78, 5) is 27.9. The van der Waals surface area contributed by atoms with Gasteiger partial charge in [0.15, 0.2) is 0 Å². The molecule has 2 amide bonds. The average Bonchev–Trinajstić information content (AvgIpc) is 3.23. The van der Waals surface area contributed by atoms with E-state index in [1.165, 1.54) is 0 Å². The molecular weight excluding hydrogens is 434 g/mol. The normalized spacial score (nSPS) is 32.9. The van der Waals surface area contributed by atoms with Crippen molar-refractivity contribution in [2.45, 2.75) is 57.6 Å². The van der Waals surface area contributed by atoms with E-state index < -0.39 is 11.0 Å². The maximum absolute atomic E-state index is 13.6. The average molecular weight is 472 g/mol. The molecule has 2 atom stereocenters. The molecule has 1 saturated heterocycles. The zero-order valence-corrected chi connectivity index (χ0v) is 20.4. The molecule has 4 bridgehead atoms. The molecule has 2 unspecified atom stereocenters. The van der Waals surface area contributed by atoms with Gasteiger partial charge < -0.3 is 25.4 Å². The SMILES string of the molecule is CNC(=O)C(C)(C)C=Cn1ncc(C(=O)NC2C3CC4CC2CC(O)(C4)C3)c1N1CCOCC1. The predicted octanol–water partition coefficient (Wildman–Crippen LogP) is 1.63. The second-order valence-corrected chi connectivity index (χ2v) is 11.2. The Morgan fingerprint density at radius 1 is 1.21 bits per heavy atom. The number of carbonyl (C=O) groups excluding carboxylic acids is 2. The van der Waals surface area contributed by atoms with Gasteiger partial charge in [-0.15, -0.1) is 0 Å². The highest BCUT2D eigenvalue weighted by atomic mass is 16.5. The van der Waals surface area contributed by atoms with Crippen molar-refractivity contribution in [1.29, 1.82) is 0 Å². The molecule has 5 fully saturated rings. The van der Waals surface area contributed by atoms with Crippen LogP contribution in [0.25, 0.3) is 6.20 Å². The Labute approximate surface area is 200 Å². The smallest absolute Gasteiger partial charge is 0.256 e. The highest BCUT2D eigenvalue weighted by Crippen LogP contribution is 2.55. The monoisotopic (exact) mass is 471 g/mol. The number of carbonyl (C=O) groups is 2. The molecule has 4 saturated carbocycles. The molecule has 0 aromatic carbocycles. The van der Waals surface area contributed by atoms with Crippen LogP contribution in [0.3, 0.4) is 0 Å². The molecule has 9 nitrogen and oxygen atoms in total. The van der Waals surface area contributed by atoms with Gasteiger partial charge in [-0.25, -0.2) is 4.68 Å². The first-order valence-electron chi connectivity index (χ1n) is 12.5. The van der Waals surface area contributed by atoms with Gasteiger partial charge in [-0.05, 0) is 63.7 Å². The zero-order chi connectivity index (χ0) is 24.1. The molecule has 34 heavy (non-hydrogen) atoms. The Morgan fingerprint density at radius 3 is 2.50 bits per heavy atom. The van der Waals surface area contributed by atoms with E-state index in [0.29, 0.717) is 49.6 Å². The number of nitrogens with one attached hydrogen (secondary N) is 2. The van der Waals surface area contributed by atoms with Crippen LogP contribution >= 0.6 is 0 Å². The summed E-state index contributed by atoms with van der Waals surface area (Å²) in [6, 6.07) is 0.105. The fourth-order valence-electron chi connectivity index (χ4n) is 6.82. The minimum Gasteiger partial charge on any atom is -0.390 e. The maximum atomic E-state index is 13.6. The Kier molecular flexibility index (Phi) is 5.96. The minimum absolute atomic E-state index is 0.0923. The first-order chi connectivity index (χ1) is 16.2. The number of aromatic nitrogens is 2. The summed E-state index contributed by atoms with van der Waals surface area (Å²) >= 11 is 0. The number of aliphatic hydroxyl groups is 1. The molecule has 4 aliphatic carbocycles. The lowest BCUT2D eigenvalue weighted by atomic mass is 9.52. The first-order valence-corrected chi connectivity index (χ1v) is 12.5. The number of rotatable bonds is 6. The summed E-state index contributed by atoms with van der Waals surface area (Å²) < 4.78 is 7.23. The number of hydrogen-bond acceptors (Lipinski definition) is 6. The van der Waals surface area contributed by atoms with E-state index >= 15 is 0 Å². The summed E-state index contributed by atoms with van der Waals surface area (Å²) in [6.45, 7) is 6.20. The van der Waals surface area contributed by atoms with Crippen molar-refractivity contribution in [3.8, 4) is 0 Å². The highest BCUT2D eigenvalue weighted by Gasteiger charge is 2.55. The van der Waals surface area contributed by atoms with Gasteiger partial charge in [-0.2, -0.15) is 5.10 Å². The van der Waals surface area contributed by atoms with Crippen LogP contribution < -0.4 is 15.5 Å². The number of morpholine rings is 1. The van der Waals surface area contributed by atoms with E-state index in [4.69, 9.17) is 4.74 Å². The van der Waals surface area contributed by atoms with Gasteiger partial charge in [0.25, 0.3) is 5.91 Å². The Bertz CT molecular complexity index is 964. The van der Waals surface area contributed by atoms with E-state index in [2.05, 4.69) is 20.6 Å². The molecule has 0 spiro atoms. The van der Waals surface area contributed by atoms with Crippen LogP contribution in [0.2, 0.25) is 0 Å². The molecule has 9 heteroatoms. The summed E-state index contributed by atoms with van der Waals surface area (Å²) in [5.74, 6) is 1.80. The topological polar surface area (TPSA) is 109 Å². The maximum Gasteiger partial charge on any atom is 0.256 e. The lowest BCUT2D eigenvalue weighted by Crippen LogP contribution is -2.61. The molecule has 3 N–H and O–H groups in total. The number of hydrogen-bond donors (Lipinski definition) is 3. The van der Waals surface area contributed by atoms with Crippen LogP contribution in [-0.4, -0.2) is 71.7 Å². The van der Waals surface area contributed by atoms with Gasteiger partial charge in [0.2, 0.25) is 5.91 Å². The quantitative estimate of drug-likeness (QED) is 0.582. The molecule has 186 valence electrons. The predicted molar refractivity (Wildman–Crippen MR) is 128 cm³/mol. The van der Waals surface area contributed by atoms with Crippen molar-refractivity contribution in [2.24, 2.45) is 23.2 Å². The molecule has 2 heterocycles. The molecule has 1 aromatic heterocycles. The van der Waals surface area contributed by atoms with E-state index in [1.807, 2.05) is 19.9 Å². The van der Waals surface area contributed by atoms with E-state index in [0.717, 1.165) is 37.9 Å². The summed E-state index contributed by atoms with van der Waals surface area (Å²) in [7, 11) is 1.62. The third-order valence-corrected chi connectivity index (χ3v) is 8.31. The van der Waals surface area contributed by atoms with E-state index in [-0.39, 0.29) is 17.9 Å². The van der Waals surface area contributed by atoms with Gasteiger partial charge in [0.05, 0.1) is 30.4 Å². The fourth-order valence-corrected chi connectivity index (χ4v) is 6.82. The summed E-state index contributed by atoms with van der Waals surface area (Å²) in [5.41, 5.74) is -0.701. The van der Waals surface area contributed by atoms with Crippen LogP contribution in [0.15, 0.2) is 12.3 Å². The third kappa shape index (κ3) is 4.24. The van der Waals surface area contributed by atoms with Gasteiger partial charge in [0.1, 0.15) is 11.4 Å². The van der Waals surface area contributed by atoms with Crippen LogP contribution in [0.1, 0.15) is 56.3 Å². The van der Waals surface area contributed by atoms with Gasteiger partial charge in [0, 0.05) is 32.4 Å². The van der Waals surface area contributed by atoms with Crippen LogP contribution in [-0.2, 0) is 9.53 Å². The molecule has 1 aliphatic heterocycles. The third-order valence-electron chi connectivity index (χ3n) is 8.31. The van der Waals surface area contributed by atoms with Crippen molar-refractivity contribution in [3.63, 3.8) is 0 Å². The van der Waals surface area contributed by atoms with Crippen molar-refractivity contribution in [2.75, 3.05) is 38.3 Å². The van der Waals surface area contributed by atoms with Crippen LogP contribution in [0, 0.1) is 23.2 Å². The molecule has 5 aliphatic rings. The number of anilines is 1. The van der Waals surface area contributed by atoms with Crippen LogP contribution in [0.4, 0.5) is 5.82 Å². The molecular formula is C25H37N5O4. The fraction of sp³-hybridized carbons (Fsp3) is 0.720. The standard InChI is InChI=1S/C25H37N5O4/c1-24(2,23(32)26-3)4-5-30-22(29-6-8-34-9-7-29)19(15-27-30)21(31)28-20-17-10-16-11-18(20)14-25(33,12-16)13-17/h4-5,15-18,20,33H,6-14H2,1-3H3,(H,26,32)(H,28,31). The molecule has 6 rings (SSSR count). The molecule has 1 aromatic rings. The van der Waals surface area contributed by atoms with Crippen molar-refractivity contribution >= 4 is 23.8 Å². The van der Waals surface area contributed by atoms with Crippen molar-refractivity contribution in [3.05, 3.63) is 17.8 Å². The number of ether oxygens (including phenoxy) is 1. The van der Waals surface area contributed by atoms with Gasteiger partial charge in [-0.3, -0.25) is 9.59 Å². The minimum atomic E-state index is -0.716. The number of nitrogens with zero attached hydrogens (tertiary/aromatic N) is 3. The van der Waals surface area contributed by atoms with Gasteiger partial charge in [-0.1, -0.05) is 6.08 Å². The zero-order valence-electron chi connectivity index (χ0n) is 20.4. The van der Waals surface area contributed by atoms with Crippen LogP contribution in [0.5, 0.6) is 0 Å². The van der Waals surface area contributed by atoms with Gasteiger partial charge >= 0.3 is 0 Å².